The number of nitrogens with zero attached hydrogens (tertiary/aromatic N) is 3. The number of carbonyl (C=O) groups excluding carboxylic acids is 1. The van der Waals surface area contributed by atoms with Crippen molar-refractivity contribution in [1.29, 1.82) is 0 Å². The number of amides is 1. The fourth-order valence-electron chi connectivity index (χ4n) is 2.93. The third kappa shape index (κ3) is 4.64. The molecule has 0 spiro atoms. The van der Waals surface area contributed by atoms with Gasteiger partial charge >= 0.3 is 0 Å². The molecule has 0 aliphatic rings. The number of benzene rings is 2. The minimum atomic E-state index is -0.216. The first-order valence-corrected chi connectivity index (χ1v) is 9.72. The number of likely N-dealkylation sites (N-methyl/N-ethyl adjacent to an activating group) is 2. The molecule has 27 heavy (non-hydrogen) atoms. The van der Waals surface area contributed by atoms with Gasteiger partial charge in [0, 0.05) is 13.6 Å². The van der Waals surface area contributed by atoms with E-state index in [1.807, 2.05) is 63.5 Å². The first-order chi connectivity index (χ1) is 13.0. The molecule has 6 heteroatoms. The van der Waals surface area contributed by atoms with Gasteiger partial charge in [0.15, 0.2) is 0 Å². The first-order valence-electron chi connectivity index (χ1n) is 8.90. The highest BCUT2D eigenvalue weighted by Gasteiger charge is 2.22. The van der Waals surface area contributed by atoms with Gasteiger partial charge in [-0.05, 0) is 43.8 Å². The lowest BCUT2D eigenvalue weighted by molar-refractivity contribution is -0.135. The summed E-state index contributed by atoms with van der Waals surface area (Å²) in [6.07, 6.45) is 0. The number of hydrogen-bond acceptors (Lipinski definition) is 5. The van der Waals surface area contributed by atoms with Gasteiger partial charge in [-0.2, -0.15) is 0 Å². The van der Waals surface area contributed by atoms with Crippen LogP contribution >= 0.6 is 11.3 Å². The van der Waals surface area contributed by atoms with E-state index in [1.54, 1.807) is 23.3 Å². The Hall–Kier alpha value is -2.44. The minimum Gasteiger partial charge on any atom is -0.497 e. The van der Waals surface area contributed by atoms with E-state index >= 15 is 0 Å². The first kappa shape index (κ1) is 19.3. The summed E-state index contributed by atoms with van der Waals surface area (Å²) in [6.45, 7) is 3.17. The van der Waals surface area contributed by atoms with E-state index in [0.29, 0.717) is 13.1 Å². The van der Waals surface area contributed by atoms with Crippen LogP contribution in [0.3, 0.4) is 0 Å². The number of ether oxygens (including phenoxy) is 1. The topological polar surface area (TPSA) is 45.7 Å². The lowest BCUT2D eigenvalue weighted by Gasteiger charge is -2.28. The third-order valence-corrected chi connectivity index (χ3v) is 5.72. The molecule has 0 bridgehead atoms. The van der Waals surface area contributed by atoms with Gasteiger partial charge in [-0.15, -0.1) is 11.3 Å². The van der Waals surface area contributed by atoms with Crippen molar-refractivity contribution in [3.63, 3.8) is 0 Å². The molecule has 3 rings (SSSR count). The number of carbonyl (C=O) groups is 1. The van der Waals surface area contributed by atoms with E-state index in [2.05, 4.69) is 16.0 Å². The predicted octanol–water partition coefficient (Wildman–Crippen LogP) is 3.78. The molecule has 142 valence electrons. The van der Waals surface area contributed by atoms with Crippen LogP contribution in [0.1, 0.15) is 17.5 Å². The van der Waals surface area contributed by atoms with E-state index < -0.39 is 0 Å². The Morgan fingerprint density at radius 3 is 2.48 bits per heavy atom. The fourth-order valence-corrected chi connectivity index (χ4v) is 3.95. The van der Waals surface area contributed by atoms with Crippen molar-refractivity contribution in [2.45, 2.75) is 26.1 Å². The molecule has 0 aliphatic carbocycles. The highest BCUT2D eigenvalue weighted by molar-refractivity contribution is 7.18. The number of para-hydroxylation sites is 1. The normalized spacial score (nSPS) is 12.3. The summed E-state index contributed by atoms with van der Waals surface area (Å²) in [5.74, 6) is 0.923. The molecule has 0 aliphatic heterocycles. The van der Waals surface area contributed by atoms with Gasteiger partial charge in [-0.25, -0.2) is 4.98 Å². The average molecular weight is 384 g/mol. The second-order valence-electron chi connectivity index (χ2n) is 6.71. The summed E-state index contributed by atoms with van der Waals surface area (Å²) in [5.41, 5.74) is 2.13. The zero-order valence-electron chi connectivity index (χ0n) is 16.2. The van der Waals surface area contributed by atoms with Crippen LogP contribution in [0.2, 0.25) is 0 Å². The van der Waals surface area contributed by atoms with Gasteiger partial charge in [0.25, 0.3) is 0 Å². The van der Waals surface area contributed by atoms with Crippen LogP contribution in [0.25, 0.3) is 10.2 Å². The molecule has 1 unspecified atom stereocenters. The Kier molecular flexibility index (Phi) is 6.08. The van der Waals surface area contributed by atoms with E-state index in [9.17, 15) is 4.79 Å². The Morgan fingerprint density at radius 1 is 1.11 bits per heavy atom. The van der Waals surface area contributed by atoms with Crippen LogP contribution in [0.5, 0.6) is 5.75 Å². The van der Waals surface area contributed by atoms with Crippen molar-refractivity contribution in [2.24, 2.45) is 0 Å². The van der Waals surface area contributed by atoms with Gasteiger partial charge in [0.05, 0.1) is 29.9 Å². The quantitative estimate of drug-likeness (QED) is 0.623. The van der Waals surface area contributed by atoms with Crippen LogP contribution in [0.15, 0.2) is 48.5 Å². The molecule has 2 aromatic carbocycles. The average Bonchev–Trinajstić information content (AvgIpc) is 3.09. The van der Waals surface area contributed by atoms with Crippen molar-refractivity contribution >= 4 is 27.5 Å². The predicted molar refractivity (Wildman–Crippen MR) is 110 cm³/mol. The van der Waals surface area contributed by atoms with Crippen molar-refractivity contribution in [1.82, 2.24) is 14.8 Å². The molecule has 1 atom stereocenters. The molecule has 0 N–H and O–H groups in total. The van der Waals surface area contributed by atoms with E-state index in [-0.39, 0.29) is 11.9 Å². The molecule has 3 aromatic rings. The standard InChI is InChI=1S/C21H25N3O2S/c1-15(23(2)13-16-9-11-17(26-4)12-10-16)21(25)24(3)14-20-22-18-7-5-6-8-19(18)27-20/h5-12,15H,13-14H2,1-4H3. The molecule has 1 heterocycles. The molecule has 5 nitrogen and oxygen atoms in total. The van der Waals surface area contributed by atoms with Crippen LogP contribution in [0, 0.1) is 0 Å². The SMILES string of the molecule is COc1ccc(CN(C)C(C)C(=O)N(C)Cc2nc3ccccc3s2)cc1. The molecule has 1 amide bonds. The number of aromatic nitrogens is 1. The van der Waals surface area contributed by atoms with Crippen LogP contribution in [-0.4, -0.2) is 47.9 Å². The maximum Gasteiger partial charge on any atom is 0.239 e. The Bertz CT molecular complexity index is 874. The highest BCUT2D eigenvalue weighted by Crippen LogP contribution is 2.22. The maximum atomic E-state index is 12.8. The van der Waals surface area contributed by atoms with Crippen molar-refractivity contribution in [3.8, 4) is 5.75 Å². The van der Waals surface area contributed by atoms with E-state index in [0.717, 1.165) is 26.5 Å². The number of thiazole rings is 1. The summed E-state index contributed by atoms with van der Waals surface area (Å²) in [6, 6.07) is 15.8. The fraction of sp³-hybridized carbons (Fsp3) is 0.333. The van der Waals surface area contributed by atoms with Gasteiger partial charge < -0.3 is 9.64 Å². The monoisotopic (exact) mass is 383 g/mol. The summed E-state index contributed by atoms with van der Waals surface area (Å²) in [7, 11) is 5.47. The van der Waals surface area contributed by atoms with Gasteiger partial charge in [0.1, 0.15) is 10.8 Å². The lowest BCUT2D eigenvalue weighted by Crippen LogP contribution is -2.43. The Morgan fingerprint density at radius 2 is 1.81 bits per heavy atom. The summed E-state index contributed by atoms with van der Waals surface area (Å²) in [4.78, 5) is 21.3. The second-order valence-corrected chi connectivity index (χ2v) is 7.82. The zero-order chi connectivity index (χ0) is 19.4. The van der Waals surface area contributed by atoms with Crippen molar-refractivity contribution < 1.29 is 9.53 Å². The van der Waals surface area contributed by atoms with Crippen LogP contribution < -0.4 is 4.74 Å². The molecule has 0 saturated carbocycles. The van der Waals surface area contributed by atoms with Crippen LogP contribution in [-0.2, 0) is 17.9 Å². The zero-order valence-corrected chi connectivity index (χ0v) is 17.0. The molecule has 0 radical (unpaired) electrons. The van der Waals surface area contributed by atoms with Gasteiger partial charge in [-0.1, -0.05) is 24.3 Å². The van der Waals surface area contributed by atoms with E-state index in [4.69, 9.17) is 4.74 Å². The van der Waals surface area contributed by atoms with Crippen LogP contribution in [0.4, 0.5) is 0 Å². The molecular weight excluding hydrogens is 358 g/mol. The van der Waals surface area contributed by atoms with Gasteiger partial charge in [0.2, 0.25) is 5.91 Å². The van der Waals surface area contributed by atoms with Crippen molar-refractivity contribution in [2.75, 3.05) is 21.2 Å². The number of hydrogen-bond donors (Lipinski definition) is 0. The van der Waals surface area contributed by atoms with E-state index in [1.165, 1.54) is 0 Å². The highest BCUT2D eigenvalue weighted by atomic mass is 32.1. The van der Waals surface area contributed by atoms with Gasteiger partial charge in [-0.3, -0.25) is 9.69 Å². The molecule has 0 saturated heterocycles. The smallest absolute Gasteiger partial charge is 0.239 e. The Balaban J connectivity index is 1.60. The second kappa shape index (κ2) is 8.50. The summed E-state index contributed by atoms with van der Waals surface area (Å²) in [5, 5.41) is 0.956. The van der Waals surface area contributed by atoms with Crippen molar-refractivity contribution in [3.05, 3.63) is 59.1 Å². The number of fused-ring (bicyclic) bond motifs is 1. The third-order valence-electron chi connectivity index (χ3n) is 4.70. The number of rotatable bonds is 7. The molecular formula is C21H25N3O2S. The lowest BCUT2D eigenvalue weighted by atomic mass is 10.1. The molecule has 0 fully saturated rings. The minimum absolute atomic E-state index is 0.0882. The summed E-state index contributed by atoms with van der Waals surface area (Å²) >= 11 is 1.64. The Labute approximate surface area is 164 Å². The number of methoxy groups -OCH3 is 1. The molecule has 1 aromatic heterocycles. The summed E-state index contributed by atoms with van der Waals surface area (Å²) < 4.78 is 6.34. The maximum absolute atomic E-state index is 12.8. The largest absolute Gasteiger partial charge is 0.497 e.